The summed E-state index contributed by atoms with van der Waals surface area (Å²) in [6, 6.07) is 24.1. The summed E-state index contributed by atoms with van der Waals surface area (Å²) in [4.78, 5) is 24.9. The largest absolute Gasteiger partial charge is 0.456 e. The molecule has 1 N–H and O–H groups in total. The van der Waals surface area contributed by atoms with E-state index in [9.17, 15) is 9.59 Å². The number of benzene rings is 3. The molecule has 0 saturated heterocycles. The van der Waals surface area contributed by atoms with Gasteiger partial charge < -0.3 is 14.8 Å². The van der Waals surface area contributed by atoms with Crippen molar-refractivity contribution in [3.63, 3.8) is 0 Å². The highest BCUT2D eigenvalue weighted by Crippen LogP contribution is 2.26. The summed E-state index contributed by atoms with van der Waals surface area (Å²) in [6.07, 6.45) is -1.03. The zero-order chi connectivity index (χ0) is 20.6. The van der Waals surface area contributed by atoms with Crippen LogP contribution in [0.25, 0.3) is 0 Å². The summed E-state index contributed by atoms with van der Waals surface area (Å²) in [5.41, 5.74) is 1.21. The second kappa shape index (κ2) is 9.20. The highest BCUT2D eigenvalue weighted by atomic mass is 16.5. The Balaban J connectivity index is 1.66. The summed E-state index contributed by atoms with van der Waals surface area (Å²) < 4.78 is 11.1. The first kappa shape index (κ1) is 19.6. The third kappa shape index (κ3) is 5.21. The van der Waals surface area contributed by atoms with Crippen molar-refractivity contribution in [2.45, 2.75) is 13.0 Å². The Labute approximate surface area is 168 Å². The fourth-order valence-corrected chi connectivity index (χ4v) is 2.49. The normalized spacial score (nSPS) is 11.0. The lowest BCUT2D eigenvalue weighted by molar-refractivity contribution is -0.123. The van der Waals surface area contributed by atoms with Crippen LogP contribution in [0.2, 0.25) is 0 Å². The molecule has 29 heavy (non-hydrogen) atoms. The molecule has 3 aromatic rings. The molecule has 0 saturated carbocycles. The summed E-state index contributed by atoms with van der Waals surface area (Å²) in [5.74, 6) is -0.230. The number of amides is 1. The molecule has 0 aliphatic rings. The summed E-state index contributed by atoms with van der Waals surface area (Å²) in [7, 11) is 0. The number of hydrogen-bond acceptors (Lipinski definition) is 5. The number of esters is 1. The van der Waals surface area contributed by atoms with Gasteiger partial charge in [-0.15, -0.1) is 0 Å². The zero-order valence-corrected chi connectivity index (χ0v) is 15.7. The zero-order valence-electron chi connectivity index (χ0n) is 15.7. The average Bonchev–Trinajstić information content (AvgIpc) is 2.75. The van der Waals surface area contributed by atoms with Gasteiger partial charge in [-0.2, -0.15) is 5.26 Å². The van der Waals surface area contributed by atoms with Gasteiger partial charge in [-0.1, -0.05) is 30.3 Å². The number of ether oxygens (including phenoxy) is 2. The summed E-state index contributed by atoms with van der Waals surface area (Å²) in [6.45, 7) is 1.48. The van der Waals surface area contributed by atoms with Crippen LogP contribution in [0.1, 0.15) is 22.8 Å². The number of para-hydroxylation sites is 2. The minimum absolute atomic E-state index is 0.217. The van der Waals surface area contributed by atoms with Crippen LogP contribution in [-0.2, 0) is 9.53 Å². The minimum Gasteiger partial charge on any atom is -0.456 e. The van der Waals surface area contributed by atoms with Gasteiger partial charge in [0.1, 0.15) is 17.1 Å². The third-order valence-electron chi connectivity index (χ3n) is 4.01. The summed E-state index contributed by atoms with van der Waals surface area (Å²) >= 11 is 0. The first-order valence-electron chi connectivity index (χ1n) is 8.91. The van der Waals surface area contributed by atoms with Gasteiger partial charge in [0, 0.05) is 5.69 Å². The van der Waals surface area contributed by atoms with E-state index in [1.165, 1.54) is 6.92 Å². The SMILES string of the molecule is CC(OC(=O)c1ccccc1Oc1ccccc1)C(=O)Nc1ccc(C#N)cc1. The van der Waals surface area contributed by atoms with Crippen molar-refractivity contribution in [1.82, 2.24) is 0 Å². The van der Waals surface area contributed by atoms with Crippen molar-refractivity contribution in [3.05, 3.63) is 90.0 Å². The number of nitrogens with one attached hydrogen (secondary N) is 1. The van der Waals surface area contributed by atoms with Gasteiger partial charge in [-0.3, -0.25) is 4.79 Å². The molecule has 0 heterocycles. The monoisotopic (exact) mass is 386 g/mol. The molecule has 0 radical (unpaired) electrons. The van der Waals surface area contributed by atoms with Crippen LogP contribution >= 0.6 is 0 Å². The summed E-state index contributed by atoms with van der Waals surface area (Å²) in [5, 5.41) is 11.5. The van der Waals surface area contributed by atoms with Crippen molar-refractivity contribution < 1.29 is 19.1 Å². The van der Waals surface area contributed by atoms with E-state index in [-0.39, 0.29) is 5.56 Å². The lowest BCUT2D eigenvalue weighted by Crippen LogP contribution is -2.30. The molecule has 3 rings (SSSR count). The predicted molar refractivity (Wildman–Crippen MR) is 108 cm³/mol. The third-order valence-corrected chi connectivity index (χ3v) is 4.01. The van der Waals surface area contributed by atoms with Crippen LogP contribution in [0, 0.1) is 11.3 Å². The molecule has 0 spiro atoms. The number of anilines is 1. The number of carbonyl (C=O) groups excluding carboxylic acids is 2. The maximum atomic E-state index is 12.6. The smallest absolute Gasteiger partial charge is 0.342 e. The van der Waals surface area contributed by atoms with E-state index in [1.807, 2.05) is 24.3 Å². The second-order valence-corrected chi connectivity index (χ2v) is 6.14. The highest BCUT2D eigenvalue weighted by Gasteiger charge is 2.21. The van der Waals surface area contributed by atoms with Crippen LogP contribution in [-0.4, -0.2) is 18.0 Å². The molecule has 0 fully saturated rings. The van der Waals surface area contributed by atoms with Gasteiger partial charge in [0.15, 0.2) is 6.10 Å². The predicted octanol–water partition coefficient (Wildman–Crippen LogP) is 4.53. The lowest BCUT2D eigenvalue weighted by atomic mass is 10.2. The Bertz CT molecular complexity index is 1040. The fraction of sp³-hybridized carbons (Fsp3) is 0.0870. The highest BCUT2D eigenvalue weighted by molar-refractivity contribution is 5.98. The minimum atomic E-state index is -1.03. The molecule has 144 valence electrons. The molecular weight excluding hydrogens is 368 g/mol. The van der Waals surface area contributed by atoms with Crippen LogP contribution in [0.3, 0.4) is 0 Å². The van der Waals surface area contributed by atoms with E-state index in [0.29, 0.717) is 22.7 Å². The van der Waals surface area contributed by atoms with E-state index in [1.54, 1.807) is 60.7 Å². The molecule has 0 aromatic heterocycles. The Morgan fingerprint density at radius 3 is 2.28 bits per heavy atom. The molecule has 0 aliphatic heterocycles. The molecule has 1 unspecified atom stereocenters. The van der Waals surface area contributed by atoms with E-state index >= 15 is 0 Å². The van der Waals surface area contributed by atoms with Gasteiger partial charge in [-0.05, 0) is 55.5 Å². The quantitative estimate of drug-likeness (QED) is 0.629. The number of nitrogens with zero attached hydrogens (tertiary/aromatic N) is 1. The first-order chi connectivity index (χ1) is 14.1. The Morgan fingerprint density at radius 2 is 1.59 bits per heavy atom. The van der Waals surface area contributed by atoms with Gasteiger partial charge in [-0.25, -0.2) is 4.79 Å². The second-order valence-electron chi connectivity index (χ2n) is 6.14. The van der Waals surface area contributed by atoms with E-state index in [4.69, 9.17) is 14.7 Å². The van der Waals surface area contributed by atoms with Gasteiger partial charge in [0.05, 0.1) is 11.6 Å². The van der Waals surface area contributed by atoms with Gasteiger partial charge in [0.2, 0.25) is 0 Å². The Hall–Kier alpha value is -4.11. The molecule has 1 amide bonds. The molecule has 6 nitrogen and oxygen atoms in total. The van der Waals surface area contributed by atoms with Gasteiger partial charge >= 0.3 is 5.97 Å². The van der Waals surface area contributed by atoms with Crippen molar-refractivity contribution >= 4 is 17.6 Å². The molecule has 6 heteroatoms. The van der Waals surface area contributed by atoms with Crippen molar-refractivity contribution in [1.29, 1.82) is 5.26 Å². The molecule has 0 aliphatic carbocycles. The topological polar surface area (TPSA) is 88.4 Å². The fourth-order valence-electron chi connectivity index (χ4n) is 2.49. The molecule has 0 bridgehead atoms. The number of rotatable bonds is 6. The van der Waals surface area contributed by atoms with Crippen LogP contribution in [0.4, 0.5) is 5.69 Å². The standard InChI is InChI=1S/C23H18N2O4/c1-16(22(26)25-18-13-11-17(15-24)12-14-18)28-23(27)20-9-5-6-10-21(20)29-19-7-3-2-4-8-19/h2-14,16H,1H3,(H,25,26). The lowest BCUT2D eigenvalue weighted by Gasteiger charge is -2.15. The van der Waals surface area contributed by atoms with E-state index in [0.717, 1.165) is 0 Å². The molecule has 1 atom stereocenters. The number of nitriles is 1. The molecule has 3 aromatic carbocycles. The maximum absolute atomic E-state index is 12.6. The maximum Gasteiger partial charge on any atom is 0.342 e. The van der Waals surface area contributed by atoms with E-state index in [2.05, 4.69) is 5.32 Å². The van der Waals surface area contributed by atoms with Crippen LogP contribution in [0.15, 0.2) is 78.9 Å². The molecular formula is C23H18N2O4. The van der Waals surface area contributed by atoms with Crippen molar-refractivity contribution in [3.8, 4) is 17.6 Å². The number of carbonyl (C=O) groups is 2. The average molecular weight is 386 g/mol. The van der Waals surface area contributed by atoms with Crippen molar-refractivity contribution in [2.24, 2.45) is 0 Å². The number of hydrogen-bond donors (Lipinski definition) is 1. The van der Waals surface area contributed by atoms with Crippen LogP contribution in [0.5, 0.6) is 11.5 Å². The Morgan fingerprint density at radius 1 is 0.931 bits per heavy atom. The van der Waals surface area contributed by atoms with E-state index < -0.39 is 18.0 Å². The van der Waals surface area contributed by atoms with Crippen molar-refractivity contribution in [2.75, 3.05) is 5.32 Å². The van der Waals surface area contributed by atoms with Gasteiger partial charge in [0.25, 0.3) is 5.91 Å². The Kier molecular flexibility index (Phi) is 6.23. The van der Waals surface area contributed by atoms with Crippen LogP contribution < -0.4 is 10.1 Å². The first-order valence-corrected chi connectivity index (χ1v) is 8.91.